The number of benzene rings is 4. The maximum Gasteiger partial charge on any atom is 0.326 e. The van der Waals surface area contributed by atoms with E-state index in [1.165, 1.54) is 72.6 Å². The summed E-state index contributed by atoms with van der Waals surface area (Å²) in [5.74, 6) is -11.7. The number of Topliss-reactive ketones (excluding diaryl/α,β-unsaturated/α-hetero) is 3. The molecule has 8 atom stereocenters. The van der Waals surface area contributed by atoms with Crippen LogP contribution in [0.15, 0.2) is 103 Å². The zero-order valence-corrected chi connectivity index (χ0v) is 53.9. The number of aromatic nitrogens is 1. The lowest BCUT2D eigenvalue weighted by atomic mass is 9.90. The largest absolute Gasteiger partial charge is 0.508 e. The third-order valence-electron chi connectivity index (χ3n) is 16.3. The van der Waals surface area contributed by atoms with Crippen molar-refractivity contribution in [2.45, 2.75) is 147 Å². The number of carbonyl (C=O) groups is 11. The molecule has 0 bridgehead atoms. The topological polar surface area (TPSA) is 421 Å². The van der Waals surface area contributed by atoms with Gasteiger partial charge in [0.1, 0.15) is 41.4 Å². The van der Waals surface area contributed by atoms with E-state index in [0.717, 1.165) is 0 Å². The number of primary amides is 1. The molecule has 15 N–H and O–H groups in total. The molecule has 0 spiro atoms. The number of fused-ring (bicyclic) bond motifs is 1. The van der Waals surface area contributed by atoms with Gasteiger partial charge >= 0.3 is 5.97 Å². The van der Waals surface area contributed by atoms with Gasteiger partial charge in [0.25, 0.3) is 0 Å². The average Bonchev–Trinajstić information content (AvgIpc) is 1.79. The van der Waals surface area contributed by atoms with Crippen LogP contribution in [0.25, 0.3) is 10.9 Å². The summed E-state index contributed by atoms with van der Waals surface area (Å²) in [6.45, 7) is 4.30. The second kappa shape index (κ2) is 36.8. The summed E-state index contributed by atoms with van der Waals surface area (Å²) in [5, 5.41) is 68.6. The first kappa shape index (κ1) is 74.5. The number of hydrazine groups is 1. The number of para-hydroxylation sites is 1. The molecule has 1 saturated heterocycles. The molecule has 2 heterocycles. The fraction of sp³-hybridized carbons (Fsp3) is 0.456. The third-order valence-corrected chi connectivity index (χ3v) is 16.3. The summed E-state index contributed by atoms with van der Waals surface area (Å²) in [7, 11) is 1.87. The molecule has 1 aromatic heterocycles. The van der Waals surface area contributed by atoms with Crippen LogP contribution in [0.2, 0.25) is 0 Å². The number of ketones is 3. The van der Waals surface area contributed by atoms with Gasteiger partial charge in [0, 0.05) is 68.6 Å². The second-order valence-electron chi connectivity index (χ2n) is 24.7. The number of amides is 7. The standard InChI is InChI=1S/C68H89N11O16/c1-40(2)31-55-63(89)62(88)54(33-43-16-22-48(83)23-17-43)74-65(91)52(26-27-60(69)86)73-67(93)58(39-80)76-66(92)56(35-46-37-70-51-13-6-5-12-50(46)51)75-64(90)45(36-59(85)53(71-41(3)81)32-42-14-20-47(82)21-15-42)11-7-8-28-78(4)29-9-10-30-79(77-55)38-61(87)72-57(68(94)95)34-44-18-24-49(84)25-19-44/h5-6,12-25,37,40,45,52-58,70,77,80,82-84H,7-11,26-36,38-39H2,1-4H3,(H2,69,86)(H,71,81)(H,72,87)(H,73,93)(H,74,91)(H,75,90)(H,76,92)(H,94,95)/t45-,52+,53+,54?,55+,56+,57+,58?/m1/s1. The van der Waals surface area contributed by atoms with Crippen LogP contribution in [-0.2, 0) is 78.4 Å². The van der Waals surface area contributed by atoms with Gasteiger partial charge in [-0.3, -0.25) is 47.9 Å². The minimum absolute atomic E-state index is 0.00391. The SMILES string of the molecule is CC(=O)N[C@@H](Cc1ccc(O)cc1)C(=O)C[C@H]1CCCCN(C)CCCCN(CC(=O)N[C@@H](Cc2ccc(O)cc2)C(=O)O)N[C@@H](CC(C)C)C(=O)C(=O)C(Cc2ccc(O)cc2)NC(=O)[C@H](CCC(N)=O)NC(=O)C(CO)NC(=O)[C@H](Cc2c[nH]c3ccccc23)NC1=O. The Labute approximate surface area is 550 Å². The molecular weight excluding hydrogens is 1230 g/mol. The van der Waals surface area contributed by atoms with E-state index < -0.39 is 145 Å². The molecular formula is C68H89N11O16. The Morgan fingerprint density at radius 3 is 1.74 bits per heavy atom. The number of aliphatic carboxylic acids is 1. The second-order valence-corrected chi connectivity index (χ2v) is 24.7. The maximum atomic E-state index is 14.9. The molecule has 6 rings (SSSR count). The van der Waals surface area contributed by atoms with Crippen LogP contribution >= 0.6 is 0 Å². The summed E-state index contributed by atoms with van der Waals surface area (Å²) in [5.41, 5.74) is 11.3. The zero-order chi connectivity index (χ0) is 69.3. The number of H-pyrrole nitrogens is 1. The Bertz CT molecular complexity index is 3450. The average molecular weight is 1320 g/mol. The molecule has 4 aromatic carbocycles. The van der Waals surface area contributed by atoms with Crippen molar-refractivity contribution in [1.29, 1.82) is 0 Å². The lowest BCUT2D eigenvalue weighted by Gasteiger charge is -2.30. The van der Waals surface area contributed by atoms with Crippen molar-refractivity contribution in [1.82, 2.24) is 52.2 Å². The summed E-state index contributed by atoms with van der Waals surface area (Å²) in [4.78, 5) is 160. The molecule has 0 aliphatic carbocycles. The van der Waals surface area contributed by atoms with Gasteiger partial charge in [-0.15, -0.1) is 0 Å². The summed E-state index contributed by atoms with van der Waals surface area (Å²) in [6, 6.07) is 13.9. The number of nitrogens with one attached hydrogen (secondary N) is 8. The molecule has 27 nitrogen and oxygen atoms in total. The van der Waals surface area contributed by atoms with Crippen molar-refractivity contribution < 1.29 is 78.3 Å². The number of carboxylic acid groups (broad SMARTS) is 1. The predicted octanol–water partition coefficient (Wildman–Crippen LogP) is 1.66. The molecule has 95 heavy (non-hydrogen) atoms. The van der Waals surface area contributed by atoms with Gasteiger partial charge in [-0.1, -0.05) is 74.9 Å². The highest BCUT2D eigenvalue weighted by Crippen LogP contribution is 2.23. The smallest absolute Gasteiger partial charge is 0.326 e. The van der Waals surface area contributed by atoms with E-state index >= 15 is 0 Å². The summed E-state index contributed by atoms with van der Waals surface area (Å²) >= 11 is 0. The predicted molar refractivity (Wildman–Crippen MR) is 350 cm³/mol. The molecule has 1 fully saturated rings. The minimum atomic E-state index is -1.85. The van der Waals surface area contributed by atoms with Crippen molar-refractivity contribution in [2.24, 2.45) is 17.6 Å². The number of carboxylic acids is 1. The van der Waals surface area contributed by atoms with Gasteiger partial charge in [-0.05, 0) is 136 Å². The highest BCUT2D eigenvalue weighted by Gasteiger charge is 2.38. The number of phenols is 3. The highest BCUT2D eigenvalue weighted by molar-refractivity contribution is 6.41. The molecule has 0 radical (unpaired) electrons. The van der Waals surface area contributed by atoms with Gasteiger partial charge in [0.05, 0.1) is 31.3 Å². The number of nitrogens with two attached hydrogens (primary N) is 1. The number of carbonyl (C=O) groups excluding carboxylic acids is 10. The molecule has 1 aliphatic rings. The highest BCUT2D eigenvalue weighted by atomic mass is 16.4. The van der Waals surface area contributed by atoms with E-state index in [9.17, 15) is 78.3 Å². The van der Waals surface area contributed by atoms with Crippen molar-refractivity contribution in [3.8, 4) is 17.2 Å². The maximum absolute atomic E-state index is 14.9. The first-order valence-corrected chi connectivity index (χ1v) is 31.8. The van der Waals surface area contributed by atoms with Gasteiger partial charge in [0.2, 0.25) is 52.9 Å². The van der Waals surface area contributed by atoms with Crippen LogP contribution in [0, 0.1) is 11.8 Å². The van der Waals surface area contributed by atoms with Gasteiger partial charge in [-0.2, -0.15) is 0 Å². The van der Waals surface area contributed by atoms with Crippen LogP contribution < -0.4 is 43.1 Å². The Balaban J connectivity index is 1.38. The number of aromatic hydroxyl groups is 3. The number of nitrogens with zero attached hydrogens (tertiary/aromatic N) is 2. The van der Waals surface area contributed by atoms with Crippen molar-refractivity contribution in [2.75, 3.05) is 39.8 Å². The van der Waals surface area contributed by atoms with E-state index in [2.05, 4.69) is 42.3 Å². The van der Waals surface area contributed by atoms with E-state index in [1.54, 1.807) is 56.4 Å². The first-order chi connectivity index (χ1) is 45.2. The van der Waals surface area contributed by atoms with Gasteiger partial charge in [-0.25, -0.2) is 15.2 Å². The van der Waals surface area contributed by atoms with E-state index in [1.807, 2.05) is 11.9 Å². The number of phenolic OH excluding ortho intramolecular Hbond substituents is 3. The minimum Gasteiger partial charge on any atom is -0.508 e. The van der Waals surface area contributed by atoms with E-state index in [0.29, 0.717) is 71.9 Å². The number of aromatic amines is 1. The molecule has 5 aromatic rings. The van der Waals surface area contributed by atoms with E-state index in [4.69, 9.17) is 5.73 Å². The fourth-order valence-corrected chi connectivity index (χ4v) is 11.2. The quantitative estimate of drug-likeness (QED) is 0.0438. The number of rotatable bonds is 22. The van der Waals surface area contributed by atoms with Crippen molar-refractivity contribution in [3.63, 3.8) is 0 Å². The van der Waals surface area contributed by atoms with Gasteiger partial charge < -0.3 is 73.1 Å². The number of aliphatic hydroxyl groups is 1. The molecule has 1 aliphatic heterocycles. The molecule has 7 amide bonds. The Morgan fingerprint density at radius 2 is 1.15 bits per heavy atom. The number of aliphatic hydroxyl groups excluding tert-OH is 1. The Kier molecular flexibility index (Phi) is 28.8. The zero-order valence-electron chi connectivity index (χ0n) is 53.9. The lowest BCUT2D eigenvalue weighted by molar-refractivity contribution is -0.142. The Hall–Kier alpha value is -9.57. The van der Waals surface area contributed by atoms with Crippen LogP contribution in [0.4, 0.5) is 0 Å². The lowest BCUT2D eigenvalue weighted by Crippen LogP contribution is -2.60. The first-order valence-electron chi connectivity index (χ1n) is 31.8. The van der Waals surface area contributed by atoms with Crippen LogP contribution in [-0.4, -0.2) is 187 Å². The molecule has 27 heteroatoms. The van der Waals surface area contributed by atoms with Crippen molar-refractivity contribution >= 4 is 75.6 Å². The van der Waals surface area contributed by atoms with Crippen molar-refractivity contribution in [3.05, 3.63) is 126 Å². The normalized spacial score (nSPS) is 20.7. The van der Waals surface area contributed by atoms with Crippen LogP contribution in [0.1, 0.15) is 101 Å². The monoisotopic (exact) mass is 1320 g/mol. The number of hydrogen-bond acceptors (Lipinski definition) is 18. The van der Waals surface area contributed by atoms with Crippen LogP contribution in [0.3, 0.4) is 0 Å². The molecule has 0 saturated carbocycles. The summed E-state index contributed by atoms with van der Waals surface area (Å²) < 4.78 is 0. The third kappa shape index (κ3) is 24.4. The molecule has 2 unspecified atom stereocenters. The Morgan fingerprint density at radius 1 is 0.621 bits per heavy atom. The fourth-order valence-electron chi connectivity index (χ4n) is 11.2. The molecule has 512 valence electrons. The van der Waals surface area contributed by atoms with E-state index in [-0.39, 0.29) is 68.2 Å². The number of hydrogen-bond donors (Lipinski definition) is 14. The van der Waals surface area contributed by atoms with Crippen LogP contribution in [0.5, 0.6) is 17.2 Å². The summed E-state index contributed by atoms with van der Waals surface area (Å²) in [6.07, 6.45) is 1.45. The van der Waals surface area contributed by atoms with Gasteiger partial charge in [0.15, 0.2) is 5.78 Å².